The quantitative estimate of drug-likeness (QED) is 0.765. The van der Waals surface area contributed by atoms with Crippen LogP contribution in [-0.4, -0.2) is 10.2 Å². The molecule has 14 heavy (non-hydrogen) atoms. The first-order chi connectivity index (χ1) is 6.68. The van der Waals surface area contributed by atoms with Crippen LogP contribution in [0.3, 0.4) is 0 Å². The van der Waals surface area contributed by atoms with Crippen molar-refractivity contribution >= 4 is 26.8 Å². The highest BCUT2D eigenvalue weighted by atomic mass is 79.9. The minimum Gasteiger partial charge on any atom is -0.282 e. The molecule has 0 saturated heterocycles. The molecule has 1 aromatic carbocycles. The van der Waals surface area contributed by atoms with Crippen molar-refractivity contribution in [3.05, 3.63) is 28.1 Å². The second kappa shape index (κ2) is 4.55. The second-order valence-corrected chi connectivity index (χ2v) is 3.55. The van der Waals surface area contributed by atoms with Crippen LogP contribution in [0.2, 0.25) is 0 Å². The molecular weight excluding hydrogens is 247 g/mol. The first kappa shape index (κ1) is 11.2. The molecule has 2 aromatic rings. The number of H-pyrrole nitrogens is 1. The first-order valence-corrected chi connectivity index (χ1v) is 5.27. The maximum Gasteiger partial charge on any atom is 0.135 e. The molecule has 1 N–H and O–H groups in total. The van der Waals surface area contributed by atoms with E-state index in [2.05, 4.69) is 26.1 Å². The number of hydrogen-bond acceptors (Lipinski definition) is 1. The summed E-state index contributed by atoms with van der Waals surface area (Å²) in [6.07, 6.45) is 0. The molecule has 0 aliphatic carbocycles. The minimum atomic E-state index is -0.245. The van der Waals surface area contributed by atoms with E-state index in [0.29, 0.717) is 15.4 Å². The molecule has 0 saturated carbocycles. The Morgan fingerprint density at radius 2 is 2.00 bits per heavy atom. The Bertz CT molecular complexity index is 437. The van der Waals surface area contributed by atoms with Gasteiger partial charge in [-0.25, -0.2) is 4.39 Å². The summed E-state index contributed by atoms with van der Waals surface area (Å²) in [7, 11) is 0. The summed E-state index contributed by atoms with van der Waals surface area (Å²) >= 11 is 3.20. The highest BCUT2D eigenvalue weighted by Crippen LogP contribution is 2.23. The topological polar surface area (TPSA) is 28.7 Å². The van der Waals surface area contributed by atoms with Gasteiger partial charge in [0, 0.05) is 10.2 Å². The molecule has 0 fully saturated rings. The summed E-state index contributed by atoms with van der Waals surface area (Å²) in [4.78, 5) is 0. The van der Waals surface area contributed by atoms with Crippen molar-refractivity contribution in [1.82, 2.24) is 10.2 Å². The third-order valence-electron chi connectivity index (χ3n) is 1.75. The molecule has 0 unspecified atom stereocenters. The second-order valence-electron chi connectivity index (χ2n) is 2.63. The zero-order valence-corrected chi connectivity index (χ0v) is 9.94. The summed E-state index contributed by atoms with van der Waals surface area (Å²) in [5.41, 5.74) is 1.41. The normalized spacial score (nSPS) is 9.79. The third kappa shape index (κ3) is 1.95. The molecular formula is C10H12BrFN2. The van der Waals surface area contributed by atoms with Gasteiger partial charge in [-0.05, 0) is 19.1 Å². The highest BCUT2D eigenvalue weighted by Gasteiger charge is 2.07. The number of aryl methyl sites for hydroxylation is 1. The maximum atomic E-state index is 13.3. The number of halogens is 2. The number of fused-ring (bicyclic) bond motifs is 1. The van der Waals surface area contributed by atoms with Gasteiger partial charge in [-0.15, -0.1) is 0 Å². The molecule has 0 atom stereocenters. The van der Waals surface area contributed by atoms with Gasteiger partial charge in [0.2, 0.25) is 0 Å². The number of rotatable bonds is 0. The molecule has 0 aliphatic heterocycles. The van der Waals surface area contributed by atoms with Crippen molar-refractivity contribution in [2.24, 2.45) is 0 Å². The molecule has 0 spiro atoms. The van der Waals surface area contributed by atoms with Crippen LogP contribution in [0.4, 0.5) is 4.39 Å². The Balaban J connectivity index is 0.000000461. The van der Waals surface area contributed by atoms with E-state index in [-0.39, 0.29) is 5.82 Å². The lowest BCUT2D eigenvalue weighted by Gasteiger charge is -1.93. The van der Waals surface area contributed by atoms with Crippen molar-refractivity contribution < 1.29 is 4.39 Å². The molecule has 2 nitrogen and oxygen atoms in total. The van der Waals surface area contributed by atoms with E-state index < -0.39 is 0 Å². The van der Waals surface area contributed by atoms with Crippen LogP contribution in [-0.2, 0) is 0 Å². The van der Waals surface area contributed by atoms with Gasteiger partial charge in [0.25, 0.3) is 0 Å². The Kier molecular flexibility index (Phi) is 3.63. The van der Waals surface area contributed by atoms with Crippen molar-refractivity contribution in [3.63, 3.8) is 0 Å². The van der Waals surface area contributed by atoms with E-state index in [4.69, 9.17) is 0 Å². The monoisotopic (exact) mass is 258 g/mol. The van der Waals surface area contributed by atoms with Crippen molar-refractivity contribution in [2.75, 3.05) is 0 Å². The lowest BCUT2D eigenvalue weighted by atomic mass is 10.2. The smallest absolute Gasteiger partial charge is 0.135 e. The fraction of sp³-hybridized carbons (Fsp3) is 0.300. The Hall–Kier alpha value is -0.900. The van der Waals surface area contributed by atoms with Crippen molar-refractivity contribution in [1.29, 1.82) is 0 Å². The van der Waals surface area contributed by atoms with Crippen LogP contribution in [0.1, 0.15) is 19.5 Å². The van der Waals surface area contributed by atoms with E-state index in [0.717, 1.165) is 5.69 Å². The van der Waals surface area contributed by atoms with E-state index >= 15 is 0 Å². The van der Waals surface area contributed by atoms with Crippen LogP contribution < -0.4 is 0 Å². The van der Waals surface area contributed by atoms with Gasteiger partial charge in [-0.3, -0.25) is 5.10 Å². The Morgan fingerprint density at radius 3 is 2.64 bits per heavy atom. The molecule has 0 amide bonds. The molecule has 0 aliphatic rings. The number of nitrogens with zero attached hydrogens (tertiary/aromatic N) is 1. The fourth-order valence-corrected chi connectivity index (χ4v) is 1.64. The van der Waals surface area contributed by atoms with E-state index in [9.17, 15) is 4.39 Å². The van der Waals surface area contributed by atoms with E-state index in [1.807, 2.05) is 13.8 Å². The minimum absolute atomic E-state index is 0.245. The maximum absolute atomic E-state index is 13.3. The summed E-state index contributed by atoms with van der Waals surface area (Å²) in [5.74, 6) is -0.245. The molecule has 76 valence electrons. The van der Waals surface area contributed by atoms with Crippen molar-refractivity contribution in [3.8, 4) is 0 Å². The molecule has 4 heteroatoms. The average molecular weight is 259 g/mol. The number of aromatic amines is 1. The zero-order chi connectivity index (χ0) is 10.7. The number of hydrogen-bond donors (Lipinski definition) is 1. The number of benzene rings is 1. The number of nitrogens with one attached hydrogen (secondary N) is 1. The molecule has 0 bridgehead atoms. The van der Waals surface area contributed by atoms with Crippen LogP contribution in [0.5, 0.6) is 0 Å². The molecule has 0 radical (unpaired) electrons. The van der Waals surface area contributed by atoms with Crippen LogP contribution in [0.15, 0.2) is 16.6 Å². The van der Waals surface area contributed by atoms with Gasteiger partial charge >= 0.3 is 0 Å². The molecule has 1 aromatic heterocycles. The van der Waals surface area contributed by atoms with Crippen LogP contribution >= 0.6 is 15.9 Å². The van der Waals surface area contributed by atoms with Crippen molar-refractivity contribution in [2.45, 2.75) is 20.8 Å². The summed E-state index contributed by atoms with van der Waals surface area (Å²) in [6, 6.07) is 3.22. The van der Waals surface area contributed by atoms with Gasteiger partial charge in [0.05, 0.1) is 10.9 Å². The predicted octanol–water partition coefficient (Wildman–Crippen LogP) is 3.80. The fourth-order valence-electron chi connectivity index (χ4n) is 1.22. The largest absolute Gasteiger partial charge is 0.282 e. The predicted molar refractivity (Wildman–Crippen MR) is 59.8 cm³/mol. The highest BCUT2D eigenvalue weighted by molar-refractivity contribution is 9.10. The summed E-state index contributed by atoms with van der Waals surface area (Å²) < 4.78 is 14.0. The van der Waals surface area contributed by atoms with Crippen LogP contribution in [0, 0.1) is 12.7 Å². The van der Waals surface area contributed by atoms with Gasteiger partial charge in [0.1, 0.15) is 5.82 Å². The van der Waals surface area contributed by atoms with E-state index in [1.54, 1.807) is 13.0 Å². The zero-order valence-electron chi connectivity index (χ0n) is 8.36. The number of aromatic nitrogens is 2. The molecule has 2 rings (SSSR count). The van der Waals surface area contributed by atoms with Gasteiger partial charge in [-0.1, -0.05) is 29.8 Å². The SMILES string of the molecule is CC.Cc1[nH]nc2cc(Br)cc(F)c12. The lowest BCUT2D eigenvalue weighted by Crippen LogP contribution is -1.78. The van der Waals surface area contributed by atoms with Gasteiger partial charge < -0.3 is 0 Å². The van der Waals surface area contributed by atoms with Gasteiger partial charge in [0.15, 0.2) is 0 Å². The first-order valence-electron chi connectivity index (χ1n) is 4.48. The summed E-state index contributed by atoms with van der Waals surface area (Å²) in [6.45, 7) is 5.80. The Morgan fingerprint density at radius 1 is 1.36 bits per heavy atom. The Labute approximate surface area is 90.6 Å². The van der Waals surface area contributed by atoms with Crippen LogP contribution in [0.25, 0.3) is 10.9 Å². The summed E-state index contributed by atoms with van der Waals surface area (Å²) in [5, 5.41) is 7.25. The lowest BCUT2D eigenvalue weighted by molar-refractivity contribution is 0.638. The van der Waals surface area contributed by atoms with E-state index in [1.165, 1.54) is 6.07 Å². The van der Waals surface area contributed by atoms with Gasteiger partial charge in [-0.2, -0.15) is 5.10 Å². The average Bonchev–Trinajstić information content (AvgIpc) is 2.51. The molecule has 1 heterocycles. The standard InChI is InChI=1S/C8H6BrFN2.C2H6/c1-4-8-6(10)2-5(9)3-7(8)12-11-4;1-2/h2-3H,1H3,(H,11,12);1-2H3. The third-order valence-corrected chi connectivity index (χ3v) is 2.21.